The zero-order valence-electron chi connectivity index (χ0n) is 16.5. The van der Waals surface area contributed by atoms with Crippen LogP contribution in [0.25, 0.3) is 6.08 Å². The molecule has 4 nitrogen and oxygen atoms in total. The Morgan fingerprint density at radius 3 is 2.87 bits per heavy atom. The molecule has 0 aliphatic carbocycles. The fourth-order valence-corrected chi connectivity index (χ4v) is 4.78. The SMILES string of the molecule is Cc1c2c(cc3c1O/C(=C\c1ccccc1Cl)C3=O)CN(CCc1cccs1)CO2. The summed E-state index contributed by atoms with van der Waals surface area (Å²) in [7, 11) is 0. The lowest BCUT2D eigenvalue weighted by Gasteiger charge is -2.30. The van der Waals surface area contributed by atoms with Crippen molar-refractivity contribution in [2.24, 2.45) is 0 Å². The maximum absolute atomic E-state index is 13.0. The van der Waals surface area contributed by atoms with Crippen LogP contribution in [0, 0.1) is 6.92 Å². The van der Waals surface area contributed by atoms with E-state index in [-0.39, 0.29) is 11.5 Å². The Bertz CT molecular complexity index is 1150. The molecule has 3 aromatic rings. The largest absolute Gasteiger partial charge is 0.477 e. The van der Waals surface area contributed by atoms with E-state index in [1.807, 2.05) is 31.2 Å². The van der Waals surface area contributed by atoms with Crippen LogP contribution in [0.4, 0.5) is 0 Å². The highest BCUT2D eigenvalue weighted by Crippen LogP contribution is 2.43. The highest BCUT2D eigenvalue weighted by molar-refractivity contribution is 7.09. The van der Waals surface area contributed by atoms with Crippen LogP contribution < -0.4 is 9.47 Å². The fraction of sp³-hybridized carbons (Fsp3) is 0.208. The van der Waals surface area contributed by atoms with Gasteiger partial charge in [-0.25, -0.2) is 0 Å². The lowest BCUT2D eigenvalue weighted by Crippen LogP contribution is -2.34. The summed E-state index contributed by atoms with van der Waals surface area (Å²) < 4.78 is 12.0. The third kappa shape index (κ3) is 3.54. The van der Waals surface area contributed by atoms with Crippen molar-refractivity contribution in [3.63, 3.8) is 0 Å². The van der Waals surface area contributed by atoms with Gasteiger partial charge in [-0.15, -0.1) is 11.3 Å². The lowest BCUT2D eigenvalue weighted by molar-refractivity contribution is 0.0956. The van der Waals surface area contributed by atoms with Crippen LogP contribution in [0.1, 0.15) is 31.9 Å². The summed E-state index contributed by atoms with van der Waals surface area (Å²) in [6.45, 7) is 4.16. The number of thiophene rings is 1. The van der Waals surface area contributed by atoms with Gasteiger partial charge in [-0.3, -0.25) is 9.69 Å². The molecule has 0 saturated heterocycles. The summed E-state index contributed by atoms with van der Waals surface area (Å²) in [6, 6.07) is 13.6. The zero-order chi connectivity index (χ0) is 20.7. The van der Waals surface area contributed by atoms with E-state index in [0.29, 0.717) is 23.1 Å². The van der Waals surface area contributed by atoms with Gasteiger partial charge in [0.15, 0.2) is 5.76 Å². The first-order valence-corrected chi connectivity index (χ1v) is 11.1. The van der Waals surface area contributed by atoms with Crippen LogP contribution in [0.5, 0.6) is 11.5 Å². The molecular formula is C24H20ClNO3S. The second kappa shape index (κ2) is 7.91. The molecule has 0 atom stereocenters. The van der Waals surface area contributed by atoms with E-state index in [2.05, 4.69) is 22.4 Å². The minimum Gasteiger partial charge on any atom is -0.477 e. The highest BCUT2D eigenvalue weighted by Gasteiger charge is 2.33. The van der Waals surface area contributed by atoms with Gasteiger partial charge >= 0.3 is 0 Å². The number of fused-ring (bicyclic) bond motifs is 2. The summed E-state index contributed by atoms with van der Waals surface area (Å²) in [5.41, 5.74) is 3.25. The van der Waals surface area contributed by atoms with Gasteiger partial charge in [-0.1, -0.05) is 35.9 Å². The molecule has 0 N–H and O–H groups in total. The minimum absolute atomic E-state index is 0.119. The van der Waals surface area contributed by atoms with Crippen molar-refractivity contribution in [1.29, 1.82) is 0 Å². The van der Waals surface area contributed by atoms with Crippen LogP contribution in [0.15, 0.2) is 53.6 Å². The van der Waals surface area contributed by atoms with Gasteiger partial charge in [0.25, 0.3) is 0 Å². The van der Waals surface area contributed by atoms with Gasteiger partial charge in [-0.05, 0) is 48.6 Å². The Morgan fingerprint density at radius 1 is 1.20 bits per heavy atom. The summed E-state index contributed by atoms with van der Waals surface area (Å²) >= 11 is 8.02. The molecule has 2 aliphatic rings. The van der Waals surface area contributed by atoms with Gasteiger partial charge in [0.05, 0.1) is 5.56 Å². The van der Waals surface area contributed by atoms with Crippen molar-refractivity contribution < 1.29 is 14.3 Å². The monoisotopic (exact) mass is 437 g/mol. The number of Topliss-reactive ketones (excluding diaryl/α,β-unsaturated/α-hetero) is 1. The summed E-state index contributed by atoms with van der Waals surface area (Å²) in [4.78, 5) is 16.6. The van der Waals surface area contributed by atoms with Gasteiger partial charge in [-0.2, -0.15) is 0 Å². The van der Waals surface area contributed by atoms with Gasteiger partial charge in [0, 0.05) is 34.1 Å². The Hall–Kier alpha value is -2.60. The summed E-state index contributed by atoms with van der Waals surface area (Å²) in [5.74, 6) is 1.58. The molecule has 30 heavy (non-hydrogen) atoms. The summed E-state index contributed by atoms with van der Waals surface area (Å²) in [5, 5.41) is 2.68. The number of hydrogen-bond acceptors (Lipinski definition) is 5. The van der Waals surface area contributed by atoms with E-state index in [4.69, 9.17) is 21.1 Å². The number of rotatable bonds is 4. The third-order valence-electron chi connectivity index (χ3n) is 5.45. The zero-order valence-corrected chi connectivity index (χ0v) is 18.1. The molecular weight excluding hydrogens is 418 g/mol. The van der Waals surface area contributed by atoms with Crippen molar-refractivity contribution in [1.82, 2.24) is 4.90 Å². The predicted molar refractivity (Wildman–Crippen MR) is 119 cm³/mol. The molecule has 0 saturated carbocycles. The molecule has 0 unspecified atom stereocenters. The van der Waals surface area contributed by atoms with Crippen molar-refractivity contribution in [3.8, 4) is 11.5 Å². The summed E-state index contributed by atoms with van der Waals surface area (Å²) in [6.07, 6.45) is 2.70. The molecule has 1 aromatic heterocycles. The third-order valence-corrected chi connectivity index (χ3v) is 6.73. The van der Waals surface area contributed by atoms with E-state index >= 15 is 0 Å². The van der Waals surface area contributed by atoms with Gasteiger partial charge in [0.2, 0.25) is 5.78 Å². The van der Waals surface area contributed by atoms with Crippen LogP contribution in [0.3, 0.4) is 0 Å². The van der Waals surface area contributed by atoms with Crippen LogP contribution in [-0.4, -0.2) is 24.0 Å². The molecule has 2 aromatic carbocycles. The Morgan fingerprint density at radius 2 is 2.07 bits per heavy atom. The number of ketones is 1. The molecule has 6 heteroatoms. The van der Waals surface area contributed by atoms with Crippen LogP contribution in [0.2, 0.25) is 5.02 Å². The first-order chi connectivity index (χ1) is 14.6. The molecule has 3 heterocycles. The normalized spacial score (nSPS) is 16.9. The Balaban J connectivity index is 1.40. The van der Waals surface area contributed by atoms with Crippen molar-refractivity contribution >= 4 is 34.8 Å². The van der Waals surface area contributed by atoms with E-state index in [1.165, 1.54) is 4.88 Å². The number of carbonyl (C=O) groups excluding carboxylic acids is 1. The van der Waals surface area contributed by atoms with Gasteiger partial charge < -0.3 is 9.47 Å². The van der Waals surface area contributed by atoms with E-state index in [1.54, 1.807) is 23.5 Å². The average molecular weight is 438 g/mol. The predicted octanol–water partition coefficient (Wildman–Crippen LogP) is 5.72. The van der Waals surface area contributed by atoms with Crippen LogP contribution in [-0.2, 0) is 13.0 Å². The Labute approximate surface area is 184 Å². The second-order valence-electron chi connectivity index (χ2n) is 7.48. The van der Waals surface area contributed by atoms with E-state index < -0.39 is 0 Å². The smallest absolute Gasteiger partial charge is 0.231 e. The maximum atomic E-state index is 13.0. The molecule has 152 valence electrons. The molecule has 5 rings (SSSR count). The second-order valence-corrected chi connectivity index (χ2v) is 8.92. The standard InChI is InChI=1S/C24H20ClNO3S/c1-15-23-17(13-26(14-28-23)9-8-18-6-4-10-30-18)11-19-22(27)21(29-24(15)19)12-16-5-2-3-7-20(16)25/h2-7,10-12H,8-9,13-14H2,1H3/b21-12-. The number of carbonyl (C=O) groups is 1. The number of benzene rings is 2. The topological polar surface area (TPSA) is 38.8 Å². The fourth-order valence-electron chi connectivity index (χ4n) is 3.90. The number of nitrogens with zero attached hydrogens (tertiary/aromatic N) is 1. The molecule has 2 aliphatic heterocycles. The number of allylic oxidation sites excluding steroid dienone is 1. The molecule has 0 spiro atoms. The Kier molecular flexibility index (Phi) is 5.11. The minimum atomic E-state index is -0.119. The van der Waals surface area contributed by atoms with E-state index in [0.717, 1.165) is 42.0 Å². The van der Waals surface area contributed by atoms with Gasteiger partial charge in [0.1, 0.15) is 18.2 Å². The van der Waals surface area contributed by atoms with Crippen molar-refractivity contribution in [2.75, 3.05) is 13.3 Å². The molecule has 0 amide bonds. The number of ether oxygens (including phenoxy) is 2. The first kappa shape index (κ1) is 19.4. The number of halogens is 1. The highest BCUT2D eigenvalue weighted by atomic mass is 35.5. The first-order valence-electron chi connectivity index (χ1n) is 9.83. The molecule has 0 radical (unpaired) electrons. The quantitative estimate of drug-likeness (QED) is 0.489. The van der Waals surface area contributed by atoms with E-state index in [9.17, 15) is 4.79 Å². The molecule has 0 fully saturated rings. The molecule has 0 bridgehead atoms. The average Bonchev–Trinajstić information content (AvgIpc) is 3.37. The van der Waals surface area contributed by atoms with Crippen LogP contribution >= 0.6 is 22.9 Å². The number of hydrogen-bond donors (Lipinski definition) is 0. The van der Waals surface area contributed by atoms with Crippen molar-refractivity contribution in [3.05, 3.63) is 85.8 Å². The van der Waals surface area contributed by atoms with Crippen molar-refractivity contribution in [2.45, 2.75) is 19.9 Å². The lowest BCUT2D eigenvalue weighted by atomic mass is 10.00. The maximum Gasteiger partial charge on any atom is 0.231 e.